The Kier molecular flexibility index (Phi) is 5.82. The van der Waals surface area contributed by atoms with Crippen LogP contribution in [0.5, 0.6) is 0 Å². The first-order valence-electron chi connectivity index (χ1n) is 7.42. The molecule has 0 saturated heterocycles. The number of halogens is 1. The first-order chi connectivity index (χ1) is 10.1. The lowest BCUT2D eigenvalue weighted by Gasteiger charge is -2.19. The van der Waals surface area contributed by atoms with Gasteiger partial charge >= 0.3 is 0 Å². The van der Waals surface area contributed by atoms with E-state index >= 15 is 0 Å². The monoisotopic (exact) mass is 307 g/mol. The maximum atomic E-state index is 13.9. The maximum absolute atomic E-state index is 13.9. The molecular formula is C16H22FN3S. The Bertz CT molecular complexity index is 568. The van der Waals surface area contributed by atoms with Crippen LogP contribution in [-0.4, -0.2) is 16.1 Å². The van der Waals surface area contributed by atoms with E-state index in [1.807, 2.05) is 12.1 Å². The molecule has 1 heterocycles. The first-order valence-corrected chi connectivity index (χ1v) is 8.19. The Morgan fingerprint density at radius 1 is 1.29 bits per heavy atom. The minimum absolute atomic E-state index is 0.0687. The molecule has 5 heteroatoms. The van der Waals surface area contributed by atoms with Crippen LogP contribution in [0.3, 0.4) is 0 Å². The van der Waals surface area contributed by atoms with Gasteiger partial charge in [0.05, 0.1) is 10.6 Å². The lowest BCUT2D eigenvalue weighted by atomic mass is 9.99. The molecule has 0 fully saturated rings. The fourth-order valence-electron chi connectivity index (χ4n) is 2.31. The summed E-state index contributed by atoms with van der Waals surface area (Å²) in [5.41, 5.74) is 1.75. The molecule has 1 unspecified atom stereocenters. The van der Waals surface area contributed by atoms with E-state index in [2.05, 4.69) is 35.7 Å². The van der Waals surface area contributed by atoms with E-state index in [0.717, 1.165) is 29.1 Å². The normalized spacial score (nSPS) is 12.8. The quantitative estimate of drug-likeness (QED) is 0.837. The Hall–Kier alpha value is -1.33. The van der Waals surface area contributed by atoms with Gasteiger partial charge in [0, 0.05) is 6.04 Å². The number of hydrogen-bond acceptors (Lipinski definition) is 4. The van der Waals surface area contributed by atoms with Gasteiger partial charge in [0.2, 0.25) is 0 Å². The molecule has 1 N–H and O–H groups in total. The molecule has 0 radical (unpaired) electrons. The molecule has 1 aromatic carbocycles. The van der Waals surface area contributed by atoms with Gasteiger partial charge in [-0.3, -0.25) is 0 Å². The second kappa shape index (κ2) is 7.61. The van der Waals surface area contributed by atoms with Gasteiger partial charge < -0.3 is 5.32 Å². The number of nitrogens with one attached hydrogen (secondary N) is 1. The third kappa shape index (κ3) is 4.08. The highest BCUT2D eigenvalue weighted by Gasteiger charge is 2.22. The van der Waals surface area contributed by atoms with Crippen molar-refractivity contribution in [1.82, 2.24) is 14.9 Å². The molecule has 21 heavy (non-hydrogen) atoms. The molecule has 0 aliphatic heterocycles. The molecule has 0 aliphatic carbocycles. The molecule has 0 aliphatic rings. The van der Waals surface area contributed by atoms with Crippen LogP contribution in [0.2, 0.25) is 0 Å². The van der Waals surface area contributed by atoms with Gasteiger partial charge in [-0.05, 0) is 48.5 Å². The number of nitrogens with zero attached hydrogens (tertiary/aromatic N) is 2. The van der Waals surface area contributed by atoms with Crippen molar-refractivity contribution >= 4 is 11.5 Å². The Balaban J connectivity index is 2.26. The van der Waals surface area contributed by atoms with Gasteiger partial charge in [0.25, 0.3) is 0 Å². The average Bonchev–Trinajstić information content (AvgIpc) is 2.95. The summed E-state index contributed by atoms with van der Waals surface area (Å²) in [6, 6.07) is 7.03. The van der Waals surface area contributed by atoms with Gasteiger partial charge in [0.1, 0.15) is 5.82 Å². The molecule has 1 atom stereocenters. The van der Waals surface area contributed by atoms with Crippen LogP contribution >= 0.6 is 11.5 Å². The Morgan fingerprint density at radius 3 is 2.71 bits per heavy atom. The second-order valence-electron chi connectivity index (χ2n) is 5.48. The molecule has 2 rings (SSSR count). The van der Waals surface area contributed by atoms with Crippen molar-refractivity contribution in [1.29, 1.82) is 0 Å². The fraction of sp³-hybridized carbons (Fsp3) is 0.500. The molecule has 1 aromatic heterocycles. The lowest BCUT2D eigenvalue weighted by Crippen LogP contribution is -2.24. The second-order valence-corrected chi connectivity index (χ2v) is 6.27. The van der Waals surface area contributed by atoms with Crippen LogP contribution in [-0.2, 0) is 6.42 Å². The van der Waals surface area contributed by atoms with Crippen LogP contribution in [0.15, 0.2) is 24.3 Å². The Morgan fingerprint density at radius 2 is 2.05 bits per heavy atom. The topological polar surface area (TPSA) is 37.8 Å². The number of aromatic nitrogens is 2. The molecule has 0 bridgehead atoms. The number of hydrogen-bond donors (Lipinski definition) is 1. The van der Waals surface area contributed by atoms with Crippen molar-refractivity contribution in [2.75, 3.05) is 6.54 Å². The number of rotatable bonds is 7. The Labute approximate surface area is 129 Å². The summed E-state index contributed by atoms with van der Waals surface area (Å²) >= 11 is 1.42. The average molecular weight is 307 g/mol. The highest BCUT2D eigenvalue weighted by molar-refractivity contribution is 7.05. The SMILES string of the molecule is CCCNC(Cc1ccccc1F)c1snnc1C(C)C. The third-order valence-corrected chi connectivity index (χ3v) is 4.28. The van der Waals surface area contributed by atoms with Gasteiger partial charge in [-0.25, -0.2) is 4.39 Å². The van der Waals surface area contributed by atoms with E-state index in [1.54, 1.807) is 6.07 Å². The van der Waals surface area contributed by atoms with Crippen LogP contribution in [0.25, 0.3) is 0 Å². The predicted octanol–water partition coefficient (Wildman–Crippen LogP) is 4.08. The maximum Gasteiger partial charge on any atom is 0.126 e. The molecular weight excluding hydrogens is 285 g/mol. The summed E-state index contributed by atoms with van der Waals surface area (Å²) in [4.78, 5) is 1.13. The van der Waals surface area contributed by atoms with Crippen LogP contribution < -0.4 is 5.32 Å². The summed E-state index contributed by atoms with van der Waals surface area (Å²) in [6.07, 6.45) is 1.66. The van der Waals surface area contributed by atoms with Gasteiger partial charge in [-0.15, -0.1) is 5.10 Å². The lowest BCUT2D eigenvalue weighted by molar-refractivity contribution is 0.513. The van der Waals surface area contributed by atoms with E-state index in [1.165, 1.54) is 17.6 Å². The molecule has 2 aromatic rings. The van der Waals surface area contributed by atoms with Crippen molar-refractivity contribution in [2.45, 2.75) is 45.6 Å². The highest BCUT2D eigenvalue weighted by atomic mass is 32.1. The van der Waals surface area contributed by atoms with Crippen molar-refractivity contribution in [3.8, 4) is 0 Å². The van der Waals surface area contributed by atoms with E-state index in [4.69, 9.17) is 0 Å². The van der Waals surface area contributed by atoms with Gasteiger partial charge in [-0.1, -0.05) is 43.5 Å². The van der Waals surface area contributed by atoms with Crippen molar-refractivity contribution in [3.05, 3.63) is 46.2 Å². The number of benzene rings is 1. The standard InChI is InChI=1S/C16H22FN3S/c1-4-9-18-14(10-12-7-5-6-8-13(12)17)16-15(11(2)3)19-20-21-16/h5-8,11,14,18H,4,9-10H2,1-3H3. The van der Waals surface area contributed by atoms with E-state index in [9.17, 15) is 4.39 Å². The van der Waals surface area contributed by atoms with Crippen LogP contribution in [0, 0.1) is 5.82 Å². The molecule has 114 valence electrons. The smallest absolute Gasteiger partial charge is 0.126 e. The van der Waals surface area contributed by atoms with Crippen molar-refractivity contribution in [3.63, 3.8) is 0 Å². The predicted molar refractivity (Wildman–Crippen MR) is 85.1 cm³/mol. The molecule has 3 nitrogen and oxygen atoms in total. The van der Waals surface area contributed by atoms with Gasteiger partial charge in [-0.2, -0.15) is 0 Å². The van der Waals surface area contributed by atoms with E-state index in [-0.39, 0.29) is 11.9 Å². The zero-order valence-corrected chi connectivity index (χ0v) is 13.6. The van der Waals surface area contributed by atoms with E-state index in [0.29, 0.717) is 12.3 Å². The largest absolute Gasteiger partial charge is 0.309 e. The zero-order valence-electron chi connectivity index (χ0n) is 12.8. The summed E-state index contributed by atoms with van der Waals surface area (Å²) in [7, 11) is 0. The molecule has 0 amide bonds. The molecule has 0 saturated carbocycles. The van der Waals surface area contributed by atoms with Crippen molar-refractivity contribution < 1.29 is 4.39 Å². The summed E-state index contributed by atoms with van der Waals surface area (Å²) < 4.78 is 18.0. The highest BCUT2D eigenvalue weighted by Crippen LogP contribution is 2.29. The molecule has 0 spiro atoms. The minimum Gasteiger partial charge on any atom is -0.309 e. The van der Waals surface area contributed by atoms with Crippen LogP contribution in [0.4, 0.5) is 4.39 Å². The third-order valence-electron chi connectivity index (χ3n) is 3.43. The van der Waals surface area contributed by atoms with Crippen molar-refractivity contribution in [2.24, 2.45) is 0 Å². The van der Waals surface area contributed by atoms with E-state index < -0.39 is 0 Å². The summed E-state index contributed by atoms with van der Waals surface area (Å²) in [5, 5.41) is 7.75. The summed E-state index contributed by atoms with van der Waals surface area (Å²) in [6.45, 7) is 7.25. The summed E-state index contributed by atoms with van der Waals surface area (Å²) in [5.74, 6) is 0.176. The van der Waals surface area contributed by atoms with Crippen LogP contribution in [0.1, 0.15) is 55.3 Å². The minimum atomic E-state index is -0.149. The first kappa shape index (κ1) is 16.0. The fourth-order valence-corrected chi connectivity index (χ4v) is 3.19. The van der Waals surface area contributed by atoms with Gasteiger partial charge in [0.15, 0.2) is 0 Å². The zero-order chi connectivity index (χ0) is 15.2.